The lowest BCUT2D eigenvalue weighted by molar-refractivity contribution is -0.138. The lowest BCUT2D eigenvalue weighted by Crippen LogP contribution is -2.40. The number of benzene rings is 1. The van der Waals surface area contributed by atoms with Gasteiger partial charge < -0.3 is 9.67 Å². The Kier molecular flexibility index (Phi) is 4.30. The second-order valence-electron chi connectivity index (χ2n) is 8.84. The van der Waals surface area contributed by atoms with Crippen molar-refractivity contribution in [3.8, 4) is 0 Å². The third-order valence-electron chi connectivity index (χ3n) is 7.35. The number of imidazole rings is 1. The van der Waals surface area contributed by atoms with E-state index < -0.39 is 23.9 Å². The standard InChI is InChI=1S/C22H25F3N2O/c23-22(24,25)18-3-1-2-15-9-16-11-26-12-27(16)19(21(15)18)10-20(28)17-8-13-4-6-14(17)7-5-13/h1-3,11-14,17,19-20,28H,4-10H2. The van der Waals surface area contributed by atoms with E-state index in [9.17, 15) is 18.3 Å². The predicted molar refractivity (Wildman–Crippen MR) is 98.8 cm³/mol. The Hall–Kier alpha value is -1.82. The van der Waals surface area contributed by atoms with Gasteiger partial charge in [0.15, 0.2) is 0 Å². The molecule has 0 radical (unpaired) electrons. The normalized spacial score (nSPS) is 30.0. The number of nitrogens with zero attached hydrogens (tertiary/aromatic N) is 2. The second kappa shape index (κ2) is 6.61. The molecular weight excluding hydrogens is 365 g/mol. The first kappa shape index (κ1) is 18.2. The number of rotatable bonds is 3. The van der Waals surface area contributed by atoms with E-state index in [-0.39, 0.29) is 5.92 Å². The van der Waals surface area contributed by atoms with Crippen LogP contribution in [0.1, 0.15) is 67.0 Å². The Bertz CT molecular complexity index is 867. The van der Waals surface area contributed by atoms with E-state index >= 15 is 0 Å². The first-order valence-corrected chi connectivity index (χ1v) is 10.3. The fourth-order valence-corrected chi connectivity index (χ4v) is 6.03. The van der Waals surface area contributed by atoms with Crippen LogP contribution in [0.15, 0.2) is 30.7 Å². The minimum Gasteiger partial charge on any atom is -0.393 e. The van der Waals surface area contributed by atoms with E-state index in [0.717, 1.165) is 25.0 Å². The second-order valence-corrected chi connectivity index (χ2v) is 8.84. The first-order valence-electron chi connectivity index (χ1n) is 10.3. The quantitative estimate of drug-likeness (QED) is 0.803. The number of hydrogen-bond acceptors (Lipinski definition) is 2. The van der Waals surface area contributed by atoms with Gasteiger partial charge in [-0.25, -0.2) is 4.98 Å². The molecule has 3 atom stereocenters. The van der Waals surface area contributed by atoms with Gasteiger partial charge in [0.1, 0.15) is 0 Å². The zero-order valence-electron chi connectivity index (χ0n) is 15.7. The van der Waals surface area contributed by atoms with Crippen molar-refractivity contribution < 1.29 is 18.3 Å². The van der Waals surface area contributed by atoms with E-state index in [2.05, 4.69) is 4.98 Å². The van der Waals surface area contributed by atoms with Crippen LogP contribution in [0.4, 0.5) is 13.2 Å². The summed E-state index contributed by atoms with van der Waals surface area (Å²) < 4.78 is 43.2. The van der Waals surface area contributed by atoms with Crippen molar-refractivity contribution in [1.82, 2.24) is 9.55 Å². The van der Waals surface area contributed by atoms with Crippen LogP contribution in [0.3, 0.4) is 0 Å². The maximum atomic E-state index is 13.8. The first-order chi connectivity index (χ1) is 13.4. The Morgan fingerprint density at radius 2 is 1.96 bits per heavy atom. The highest BCUT2D eigenvalue weighted by molar-refractivity contribution is 5.44. The number of fused-ring (bicyclic) bond motifs is 5. The number of aliphatic hydroxyl groups is 1. The van der Waals surface area contributed by atoms with Crippen LogP contribution >= 0.6 is 0 Å². The summed E-state index contributed by atoms with van der Waals surface area (Å²) in [5.41, 5.74) is 1.35. The monoisotopic (exact) mass is 390 g/mol. The maximum absolute atomic E-state index is 13.8. The van der Waals surface area contributed by atoms with Crippen LogP contribution in [0.2, 0.25) is 0 Å². The number of alkyl halides is 3. The third-order valence-corrected chi connectivity index (χ3v) is 7.35. The molecule has 150 valence electrons. The van der Waals surface area contributed by atoms with Gasteiger partial charge in [-0.15, -0.1) is 0 Å². The molecule has 28 heavy (non-hydrogen) atoms. The molecule has 0 saturated heterocycles. The molecule has 2 heterocycles. The fourth-order valence-electron chi connectivity index (χ4n) is 6.03. The molecule has 4 aliphatic rings. The molecule has 1 aliphatic heterocycles. The van der Waals surface area contributed by atoms with E-state index in [1.165, 1.54) is 25.0 Å². The molecule has 0 spiro atoms. The fraction of sp³-hybridized carbons (Fsp3) is 0.591. The Balaban J connectivity index is 1.51. The molecule has 3 aliphatic carbocycles. The van der Waals surface area contributed by atoms with Crippen molar-refractivity contribution in [3.63, 3.8) is 0 Å². The Labute approximate surface area is 162 Å². The largest absolute Gasteiger partial charge is 0.416 e. The number of aromatic nitrogens is 2. The van der Waals surface area contributed by atoms with Gasteiger partial charge in [-0.05, 0) is 60.6 Å². The zero-order valence-corrected chi connectivity index (χ0v) is 15.7. The van der Waals surface area contributed by atoms with Gasteiger partial charge in [0, 0.05) is 18.3 Å². The van der Waals surface area contributed by atoms with Gasteiger partial charge in [-0.2, -0.15) is 13.2 Å². The molecule has 6 heteroatoms. The van der Waals surface area contributed by atoms with Gasteiger partial charge in [-0.1, -0.05) is 25.0 Å². The molecule has 2 aromatic rings. The van der Waals surface area contributed by atoms with Gasteiger partial charge >= 0.3 is 6.18 Å². The molecule has 1 aromatic heterocycles. The van der Waals surface area contributed by atoms with Crippen LogP contribution in [0.5, 0.6) is 0 Å². The zero-order chi connectivity index (χ0) is 19.5. The van der Waals surface area contributed by atoms with E-state index in [1.807, 2.05) is 4.57 Å². The highest BCUT2D eigenvalue weighted by atomic mass is 19.4. The lowest BCUT2D eigenvalue weighted by Gasteiger charge is -2.45. The summed E-state index contributed by atoms with van der Waals surface area (Å²) in [7, 11) is 0. The van der Waals surface area contributed by atoms with Crippen LogP contribution in [0, 0.1) is 17.8 Å². The molecule has 1 N–H and O–H groups in total. The highest BCUT2D eigenvalue weighted by Crippen LogP contribution is 2.49. The van der Waals surface area contributed by atoms with Gasteiger partial charge in [0.25, 0.3) is 0 Å². The predicted octanol–water partition coefficient (Wildman–Crippen LogP) is 4.97. The summed E-state index contributed by atoms with van der Waals surface area (Å²) in [5.74, 6) is 1.41. The van der Waals surface area contributed by atoms with Crippen LogP contribution in [-0.4, -0.2) is 20.8 Å². The van der Waals surface area contributed by atoms with Crippen molar-refractivity contribution in [2.75, 3.05) is 0 Å². The van der Waals surface area contributed by atoms with Crippen LogP contribution in [-0.2, 0) is 12.6 Å². The molecule has 3 fully saturated rings. The average Bonchev–Trinajstić information content (AvgIpc) is 3.15. The van der Waals surface area contributed by atoms with Crippen molar-refractivity contribution in [1.29, 1.82) is 0 Å². The summed E-state index contributed by atoms with van der Waals surface area (Å²) in [6.45, 7) is 0. The lowest BCUT2D eigenvalue weighted by atomic mass is 9.62. The summed E-state index contributed by atoms with van der Waals surface area (Å²) in [6, 6.07) is 3.92. The SMILES string of the molecule is OC(CC1c2c(cccc2C(F)(F)F)Cc2cncn21)C1CC2CCC1CC2. The van der Waals surface area contributed by atoms with Crippen LogP contribution < -0.4 is 0 Å². The topological polar surface area (TPSA) is 38.1 Å². The maximum Gasteiger partial charge on any atom is 0.416 e. The van der Waals surface area contributed by atoms with E-state index in [0.29, 0.717) is 35.8 Å². The minimum absolute atomic E-state index is 0.211. The molecule has 2 bridgehead atoms. The minimum atomic E-state index is -4.41. The summed E-state index contributed by atoms with van der Waals surface area (Å²) in [5, 5.41) is 11.1. The molecule has 6 rings (SSSR count). The van der Waals surface area contributed by atoms with Crippen molar-refractivity contribution in [2.45, 2.75) is 63.3 Å². The molecule has 0 amide bonds. The van der Waals surface area contributed by atoms with Crippen LogP contribution in [0.25, 0.3) is 0 Å². The van der Waals surface area contributed by atoms with Crippen molar-refractivity contribution in [2.24, 2.45) is 17.8 Å². The van der Waals surface area contributed by atoms with Gasteiger partial charge in [-0.3, -0.25) is 0 Å². The Morgan fingerprint density at radius 1 is 1.18 bits per heavy atom. The van der Waals surface area contributed by atoms with Gasteiger partial charge in [0.2, 0.25) is 0 Å². The summed E-state index contributed by atoms with van der Waals surface area (Å²) >= 11 is 0. The highest BCUT2D eigenvalue weighted by Gasteiger charge is 2.43. The smallest absolute Gasteiger partial charge is 0.393 e. The molecule has 3 unspecified atom stereocenters. The molecule has 3 nitrogen and oxygen atoms in total. The van der Waals surface area contributed by atoms with Crippen molar-refractivity contribution >= 4 is 0 Å². The average molecular weight is 390 g/mol. The number of halogens is 3. The van der Waals surface area contributed by atoms with E-state index in [4.69, 9.17) is 0 Å². The third kappa shape index (κ3) is 2.97. The number of hydrogen-bond donors (Lipinski definition) is 1. The number of aliphatic hydroxyl groups excluding tert-OH is 1. The molecule has 1 aromatic carbocycles. The molecule has 3 saturated carbocycles. The molecular formula is C22H25F3N2O. The van der Waals surface area contributed by atoms with Crippen molar-refractivity contribution in [3.05, 3.63) is 53.1 Å². The van der Waals surface area contributed by atoms with Gasteiger partial charge in [0.05, 0.1) is 24.0 Å². The summed E-state index contributed by atoms with van der Waals surface area (Å²) in [4.78, 5) is 4.19. The summed E-state index contributed by atoms with van der Waals surface area (Å²) in [6.07, 6.45) is 4.92. The van der Waals surface area contributed by atoms with E-state index in [1.54, 1.807) is 18.6 Å². The Morgan fingerprint density at radius 3 is 2.64 bits per heavy atom.